The number of aromatic nitrogens is 2. The molecule has 0 atom stereocenters. The Kier molecular flexibility index (Phi) is 4.00. The van der Waals surface area contributed by atoms with E-state index in [1.54, 1.807) is 0 Å². The van der Waals surface area contributed by atoms with Crippen molar-refractivity contribution in [2.45, 2.75) is 13.0 Å². The minimum atomic E-state index is 0.778. The Balaban J connectivity index is 1.54. The predicted octanol–water partition coefficient (Wildman–Crippen LogP) is 3.55. The Hall–Kier alpha value is -1.84. The van der Waals surface area contributed by atoms with Crippen LogP contribution in [0.15, 0.2) is 48.5 Å². The molecule has 0 aliphatic carbocycles. The third-order valence-corrected chi connectivity index (χ3v) is 3.62. The number of hydrogen-bond acceptors (Lipinski definition) is 2. The molecule has 0 spiro atoms. The molecule has 0 unspecified atom stereocenters. The highest BCUT2D eigenvalue weighted by molar-refractivity contribution is 6.31. The van der Waals surface area contributed by atoms with Crippen LogP contribution in [0.4, 0.5) is 0 Å². The molecule has 0 aliphatic rings. The van der Waals surface area contributed by atoms with E-state index in [1.807, 2.05) is 48.5 Å². The maximum absolute atomic E-state index is 6.12. The van der Waals surface area contributed by atoms with Gasteiger partial charge in [0.2, 0.25) is 0 Å². The first kappa shape index (κ1) is 13.2. The molecule has 0 fully saturated rings. The smallest absolute Gasteiger partial charge is 0.108 e. The summed E-state index contributed by atoms with van der Waals surface area (Å²) in [6.45, 7) is 1.64. The Morgan fingerprint density at radius 2 is 1.85 bits per heavy atom. The number of aromatic amines is 1. The summed E-state index contributed by atoms with van der Waals surface area (Å²) in [5.41, 5.74) is 3.24. The Bertz CT molecular complexity index is 673. The van der Waals surface area contributed by atoms with Crippen molar-refractivity contribution < 1.29 is 0 Å². The average Bonchev–Trinajstić information content (AvgIpc) is 2.88. The van der Waals surface area contributed by atoms with E-state index in [4.69, 9.17) is 11.6 Å². The molecule has 3 rings (SSSR count). The second kappa shape index (κ2) is 6.07. The standard InChI is InChI=1S/C16H16ClN3/c17-13-6-2-1-5-12(13)11-18-10-9-16-19-14-7-3-4-8-15(14)20-16/h1-8,18H,9-11H2,(H,19,20). The van der Waals surface area contributed by atoms with Crippen molar-refractivity contribution in [2.75, 3.05) is 6.54 Å². The van der Waals surface area contributed by atoms with Crippen molar-refractivity contribution in [3.05, 3.63) is 64.9 Å². The quantitative estimate of drug-likeness (QED) is 0.704. The van der Waals surface area contributed by atoms with Crippen LogP contribution in [0.3, 0.4) is 0 Å². The number of para-hydroxylation sites is 2. The lowest BCUT2D eigenvalue weighted by molar-refractivity contribution is 0.675. The van der Waals surface area contributed by atoms with Crippen LogP contribution in [0.1, 0.15) is 11.4 Å². The normalized spacial score (nSPS) is 11.1. The topological polar surface area (TPSA) is 40.7 Å². The first-order valence-electron chi connectivity index (χ1n) is 6.71. The number of nitrogens with zero attached hydrogens (tertiary/aromatic N) is 1. The molecule has 1 heterocycles. The number of rotatable bonds is 5. The molecule has 3 aromatic rings. The van der Waals surface area contributed by atoms with Gasteiger partial charge in [0.1, 0.15) is 5.82 Å². The summed E-state index contributed by atoms with van der Waals surface area (Å²) < 4.78 is 0. The molecule has 0 aliphatic heterocycles. The molecular weight excluding hydrogens is 270 g/mol. The Morgan fingerprint density at radius 3 is 2.70 bits per heavy atom. The molecule has 0 amide bonds. The van der Waals surface area contributed by atoms with Crippen molar-refractivity contribution in [2.24, 2.45) is 0 Å². The van der Waals surface area contributed by atoms with Gasteiger partial charge in [-0.1, -0.05) is 41.9 Å². The van der Waals surface area contributed by atoms with Crippen LogP contribution in [0.5, 0.6) is 0 Å². The lowest BCUT2D eigenvalue weighted by atomic mass is 10.2. The van der Waals surface area contributed by atoms with Gasteiger partial charge in [0, 0.05) is 24.5 Å². The molecule has 20 heavy (non-hydrogen) atoms. The molecule has 2 aromatic carbocycles. The molecular formula is C16H16ClN3. The third-order valence-electron chi connectivity index (χ3n) is 3.25. The molecule has 0 saturated heterocycles. The molecule has 3 nitrogen and oxygen atoms in total. The average molecular weight is 286 g/mol. The van der Waals surface area contributed by atoms with E-state index in [0.29, 0.717) is 0 Å². The molecule has 0 saturated carbocycles. The fourth-order valence-corrected chi connectivity index (χ4v) is 2.40. The van der Waals surface area contributed by atoms with Gasteiger partial charge in [-0.2, -0.15) is 0 Å². The summed E-state index contributed by atoms with van der Waals surface area (Å²) in [5.74, 6) is 1.01. The van der Waals surface area contributed by atoms with Gasteiger partial charge in [-0.05, 0) is 23.8 Å². The molecule has 0 radical (unpaired) electrons. The van der Waals surface area contributed by atoms with E-state index in [9.17, 15) is 0 Å². The van der Waals surface area contributed by atoms with E-state index >= 15 is 0 Å². The van der Waals surface area contributed by atoms with Crippen molar-refractivity contribution >= 4 is 22.6 Å². The van der Waals surface area contributed by atoms with Crippen molar-refractivity contribution in [1.82, 2.24) is 15.3 Å². The summed E-state index contributed by atoms with van der Waals surface area (Å²) >= 11 is 6.12. The number of nitrogens with one attached hydrogen (secondary N) is 2. The van der Waals surface area contributed by atoms with E-state index in [1.165, 1.54) is 0 Å². The molecule has 0 bridgehead atoms. The monoisotopic (exact) mass is 285 g/mol. The molecule has 4 heteroatoms. The molecule has 2 N–H and O–H groups in total. The van der Waals surface area contributed by atoms with Gasteiger partial charge >= 0.3 is 0 Å². The van der Waals surface area contributed by atoms with E-state index in [2.05, 4.69) is 15.3 Å². The summed E-state index contributed by atoms with van der Waals surface area (Å²) in [4.78, 5) is 7.88. The highest BCUT2D eigenvalue weighted by Crippen LogP contribution is 2.14. The SMILES string of the molecule is Clc1ccccc1CNCCc1nc2ccccc2[nH]1. The number of H-pyrrole nitrogens is 1. The minimum Gasteiger partial charge on any atom is -0.342 e. The van der Waals surface area contributed by atoms with Crippen LogP contribution in [-0.2, 0) is 13.0 Å². The Morgan fingerprint density at radius 1 is 1.05 bits per heavy atom. The van der Waals surface area contributed by atoms with Gasteiger partial charge in [0.05, 0.1) is 11.0 Å². The molecule has 102 valence electrons. The zero-order valence-corrected chi connectivity index (χ0v) is 11.8. The number of imidazole rings is 1. The summed E-state index contributed by atoms with van der Waals surface area (Å²) in [5, 5.41) is 4.20. The largest absolute Gasteiger partial charge is 0.342 e. The number of fused-ring (bicyclic) bond motifs is 1. The van der Waals surface area contributed by atoms with Crippen LogP contribution < -0.4 is 5.32 Å². The van der Waals surface area contributed by atoms with Crippen molar-refractivity contribution in [3.63, 3.8) is 0 Å². The molecule has 1 aromatic heterocycles. The zero-order chi connectivity index (χ0) is 13.8. The Labute approximate surface area is 123 Å². The maximum Gasteiger partial charge on any atom is 0.108 e. The van der Waals surface area contributed by atoms with Crippen LogP contribution in [-0.4, -0.2) is 16.5 Å². The first-order valence-corrected chi connectivity index (χ1v) is 7.08. The lowest BCUT2D eigenvalue weighted by Crippen LogP contribution is -2.17. The predicted molar refractivity (Wildman–Crippen MR) is 83.0 cm³/mol. The third kappa shape index (κ3) is 3.00. The number of benzene rings is 2. The van der Waals surface area contributed by atoms with Gasteiger partial charge in [0.25, 0.3) is 0 Å². The highest BCUT2D eigenvalue weighted by Gasteiger charge is 2.02. The lowest BCUT2D eigenvalue weighted by Gasteiger charge is -2.05. The van der Waals surface area contributed by atoms with E-state index < -0.39 is 0 Å². The van der Waals surface area contributed by atoms with Gasteiger partial charge in [-0.25, -0.2) is 4.98 Å². The fraction of sp³-hybridized carbons (Fsp3) is 0.188. The van der Waals surface area contributed by atoms with Crippen LogP contribution in [0.2, 0.25) is 5.02 Å². The summed E-state index contributed by atoms with van der Waals surface area (Å²) in [7, 11) is 0. The van der Waals surface area contributed by atoms with Gasteiger partial charge < -0.3 is 10.3 Å². The van der Waals surface area contributed by atoms with Crippen molar-refractivity contribution in [3.8, 4) is 0 Å². The highest BCUT2D eigenvalue weighted by atomic mass is 35.5. The number of hydrogen-bond donors (Lipinski definition) is 2. The van der Waals surface area contributed by atoms with Crippen LogP contribution >= 0.6 is 11.6 Å². The van der Waals surface area contributed by atoms with Gasteiger partial charge in [-0.3, -0.25) is 0 Å². The van der Waals surface area contributed by atoms with E-state index in [-0.39, 0.29) is 0 Å². The summed E-state index contributed by atoms with van der Waals surface area (Å²) in [6.07, 6.45) is 0.874. The maximum atomic E-state index is 6.12. The van der Waals surface area contributed by atoms with Gasteiger partial charge in [0.15, 0.2) is 0 Å². The second-order valence-corrected chi connectivity index (χ2v) is 5.13. The van der Waals surface area contributed by atoms with E-state index in [0.717, 1.165) is 47.0 Å². The minimum absolute atomic E-state index is 0.778. The fourth-order valence-electron chi connectivity index (χ4n) is 2.20. The number of halogens is 1. The van der Waals surface area contributed by atoms with Crippen LogP contribution in [0.25, 0.3) is 11.0 Å². The second-order valence-electron chi connectivity index (χ2n) is 4.72. The first-order chi connectivity index (χ1) is 9.83. The zero-order valence-electron chi connectivity index (χ0n) is 11.1. The summed E-state index contributed by atoms with van der Waals surface area (Å²) in [6, 6.07) is 16.0. The van der Waals surface area contributed by atoms with Crippen molar-refractivity contribution in [1.29, 1.82) is 0 Å². The van der Waals surface area contributed by atoms with Crippen LogP contribution in [0, 0.1) is 0 Å². The van der Waals surface area contributed by atoms with Gasteiger partial charge in [-0.15, -0.1) is 0 Å².